The van der Waals surface area contributed by atoms with E-state index in [1.165, 1.54) is 69.9 Å². The van der Waals surface area contributed by atoms with Gasteiger partial charge in [-0.15, -0.1) is 0 Å². The quantitative estimate of drug-likeness (QED) is 0.461. The number of halogens is 2. The summed E-state index contributed by atoms with van der Waals surface area (Å²) in [6, 6.07) is 4.33. The fourth-order valence-corrected chi connectivity index (χ4v) is 4.84. The fourth-order valence-electron chi connectivity index (χ4n) is 4.84. The van der Waals surface area contributed by atoms with E-state index in [0.29, 0.717) is 0 Å². The van der Waals surface area contributed by atoms with Crippen LogP contribution in [0, 0.1) is 35.3 Å². The van der Waals surface area contributed by atoms with Gasteiger partial charge in [-0.25, -0.2) is 8.78 Å². The summed E-state index contributed by atoms with van der Waals surface area (Å²) in [6.45, 7) is 2.33. The molecule has 0 radical (unpaired) electrons. The van der Waals surface area contributed by atoms with E-state index < -0.39 is 11.6 Å². The van der Waals surface area contributed by atoms with Crippen molar-refractivity contribution in [2.75, 3.05) is 0 Å². The minimum absolute atomic E-state index is 0.718. The first-order valence-electron chi connectivity index (χ1n) is 10.8. The van der Waals surface area contributed by atoms with E-state index in [1.54, 1.807) is 6.07 Å². The molecule has 0 spiro atoms. The van der Waals surface area contributed by atoms with Gasteiger partial charge >= 0.3 is 0 Å². The number of rotatable bonds is 6. The Hall–Kier alpha value is -1.18. The average Bonchev–Trinajstić information content (AvgIpc) is 2.68. The van der Waals surface area contributed by atoms with E-state index in [9.17, 15) is 8.78 Å². The van der Waals surface area contributed by atoms with Crippen molar-refractivity contribution >= 4 is 0 Å². The van der Waals surface area contributed by atoms with Crippen LogP contribution < -0.4 is 0 Å². The van der Waals surface area contributed by atoms with Crippen molar-refractivity contribution in [2.24, 2.45) is 23.7 Å². The summed E-state index contributed by atoms with van der Waals surface area (Å²) in [5.74, 6) is 1.84. The molecule has 0 atom stereocenters. The maximum atomic E-state index is 13.3. The lowest BCUT2D eigenvalue weighted by atomic mass is 9.77. The van der Waals surface area contributed by atoms with Crippen LogP contribution in [-0.4, -0.2) is 0 Å². The van der Waals surface area contributed by atoms with Crippen molar-refractivity contribution in [3.63, 3.8) is 0 Å². The SMILES string of the molecule is CCC1CCC(C=CC2CCC(CCc3ccc(F)c(F)c3)CC2)CC1. The Labute approximate surface area is 158 Å². The Morgan fingerprint density at radius 2 is 1.38 bits per heavy atom. The van der Waals surface area contributed by atoms with E-state index >= 15 is 0 Å². The summed E-state index contributed by atoms with van der Waals surface area (Å²) in [5.41, 5.74) is 0.925. The summed E-state index contributed by atoms with van der Waals surface area (Å²) in [5, 5.41) is 0. The van der Waals surface area contributed by atoms with Crippen LogP contribution in [0.2, 0.25) is 0 Å². The van der Waals surface area contributed by atoms with Crippen LogP contribution in [0.5, 0.6) is 0 Å². The van der Waals surface area contributed by atoms with E-state index in [4.69, 9.17) is 0 Å². The largest absolute Gasteiger partial charge is 0.204 e. The monoisotopic (exact) mass is 360 g/mol. The van der Waals surface area contributed by atoms with E-state index in [0.717, 1.165) is 42.1 Å². The zero-order valence-corrected chi connectivity index (χ0v) is 16.2. The highest BCUT2D eigenvalue weighted by Crippen LogP contribution is 2.35. The number of aryl methyl sites for hydroxylation is 1. The molecule has 0 heterocycles. The summed E-state index contributed by atoms with van der Waals surface area (Å²) in [6.07, 6.45) is 19.1. The molecule has 26 heavy (non-hydrogen) atoms. The Balaban J connectivity index is 1.36. The molecule has 2 saturated carbocycles. The van der Waals surface area contributed by atoms with Crippen molar-refractivity contribution in [2.45, 2.75) is 77.6 Å². The van der Waals surface area contributed by atoms with Gasteiger partial charge in [0.25, 0.3) is 0 Å². The molecule has 0 N–H and O–H groups in total. The highest BCUT2D eigenvalue weighted by molar-refractivity contribution is 5.17. The van der Waals surface area contributed by atoms with Crippen molar-refractivity contribution in [1.82, 2.24) is 0 Å². The Kier molecular flexibility index (Phi) is 7.28. The molecule has 0 saturated heterocycles. The smallest absolute Gasteiger partial charge is 0.159 e. The lowest BCUT2D eigenvalue weighted by Crippen LogP contribution is -2.15. The molecule has 144 valence electrons. The standard InChI is InChI=1S/C24H34F2/c1-2-18-3-5-19(6-4-18)7-8-20-9-11-21(12-10-20)13-14-22-15-16-23(25)24(26)17-22/h7-8,15-21H,2-6,9-14H2,1H3. The molecule has 1 aromatic rings. The van der Waals surface area contributed by atoms with Crippen LogP contribution in [0.4, 0.5) is 8.78 Å². The number of hydrogen-bond donors (Lipinski definition) is 0. The lowest BCUT2D eigenvalue weighted by molar-refractivity contribution is 0.289. The molecule has 2 aliphatic carbocycles. The molecule has 0 aliphatic heterocycles. The van der Waals surface area contributed by atoms with Crippen molar-refractivity contribution in [3.8, 4) is 0 Å². The van der Waals surface area contributed by atoms with E-state index in [1.807, 2.05) is 0 Å². The molecule has 0 amide bonds. The average molecular weight is 361 g/mol. The van der Waals surface area contributed by atoms with Crippen molar-refractivity contribution in [1.29, 1.82) is 0 Å². The molecule has 2 aliphatic rings. The lowest BCUT2D eigenvalue weighted by Gasteiger charge is -2.28. The van der Waals surface area contributed by atoms with Gasteiger partial charge in [0.1, 0.15) is 0 Å². The molecule has 2 fully saturated rings. The normalized spacial score (nSPS) is 30.0. The van der Waals surface area contributed by atoms with E-state index in [2.05, 4.69) is 19.1 Å². The second-order valence-electron chi connectivity index (χ2n) is 8.64. The predicted octanol–water partition coefficient (Wildman–Crippen LogP) is 7.48. The van der Waals surface area contributed by atoms with Crippen molar-refractivity contribution in [3.05, 3.63) is 47.5 Å². The molecular weight excluding hydrogens is 326 g/mol. The van der Waals surface area contributed by atoms with Gasteiger partial charge in [0, 0.05) is 0 Å². The fraction of sp³-hybridized carbons (Fsp3) is 0.667. The zero-order chi connectivity index (χ0) is 18.4. The van der Waals surface area contributed by atoms with Crippen LogP contribution >= 0.6 is 0 Å². The van der Waals surface area contributed by atoms with Crippen LogP contribution in [0.3, 0.4) is 0 Å². The Morgan fingerprint density at radius 1 is 0.808 bits per heavy atom. The maximum Gasteiger partial charge on any atom is 0.159 e. The second kappa shape index (κ2) is 9.67. The van der Waals surface area contributed by atoms with Gasteiger partial charge in [0.2, 0.25) is 0 Å². The zero-order valence-electron chi connectivity index (χ0n) is 16.2. The summed E-state index contributed by atoms with van der Waals surface area (Å²) in [4.78, 5) is 0. The molecule has 2 heteroatoms. The topological polar surface area (TPSA) is 0 Å². The second-order valence-corrected chi connectivity index (χ2v) is 8.64. The first-order chi connectivity index (χ1) is 12.6. The van der Waals surface area contributed by atoms with Gasteiger partial charge in [-0.2, -0.15) is 0 Å². The Bertz CT molecular complexity index is 576. The van der Waals surface area contributed by atoms with Crippen LogP contribution in [0.1, 0.15) is 76.7 Å². The number of benzene rings is 1. The molecule has 1 aromatic carbocycles. The molecule has 0 aromatic heterocycles. The highest BCUT2D eigenvalue weighted by atomic mass is 19.2. The van der Waals surface area contributed by atoms with E-state index in [-0.39, 0.29) is 0 Å². The summed E-state index contributed by atoms with van der Waals surface area (Å²) < 4.78 is 26.3. The third kappa shape index (κ3) is 5.66. The maximum absolute atomic E-state index is 13.3. The van der Waals surface area contributed by atoms with Gasteiger partial charge in [0.05, 0.1) is 0 Å². The first-order valence-corrected chi connectivity index (χ1v) is 10.8. The number of hydrogen-bond acceptors (Lipinski definition) is 0. The van der Waals surface area contributed by atoms with Crippen LogP contribution in [0.15, 0.2) is 30.4 Å². The predicted molar refractivity (Wildman–Crippen MR) is 105 cm³/mol. The molecule has 0 unspecified atom stereocenters. The highest BCUT2D eigenvalue weighted by Gasteiger charge is 2.21. The molecular formula is C24H34F2. The molecule has 0 nitrogen and oxygen atoms in total. The van der Waals surface area contributed by atoms with Crippen molar-refractivity contribution < 1.29 is 8.78 Å². The van der Waals surface area contributed by atoms with Gasteiger partial charge in [-0.3, -0.25) is 0 Å². The first kappa shape index (κ1) is 19.6. The molecule has 0 bridgehead atoms. The van der Waals surface area contributed by atoms with Crippen LogP contribution in [0.25, 0.3) is 0 Å². The van der Waals surface area contributed by atoms with Gasteiger partial charge < -0.3 is 0 Å². The van der Waals surface area contributed by atoms with Crippen LogP contribution in [-0.2, 0) is 6.42 Å². The van der Waals surface area contributed by atoms with Gasteiger partial charge in [-0.05, 0) is 106 Å². The molecule has 3 rings (SSSR count). The summed E-state index contributed by atoms with van der Waals surface area (Å²) >= 11 is 0. The third-order valence-corrected chi connectivity index (χ3v) is 6.84. The van der Waals surface area contributed by atoms with Gasteiger partial charge in [0.15, 0.2) is 11.6 Å². The number of allylic oxidation sites excluding steroid dienone is 2. The third-order valence-electron chi connectivity index (χ3n) is 6.84. The van der Waals surface area contributed by atoms with Gasteiger partial charge in [-0.1, -0.05) is 31.6 Å². The minimum Gasteiger partial charge on any atom is -0.204 e. The minimum atomic E-state index is -0.746. The Morgan fingerprint density at radius 3 is 1.92 bits per heavy atom. The summed E-state index contributed by atoms with van der Waals surface area (Å²) in [7, 11) is 0.